The first kappa shape index (κ1) is 15.6. The summed E-state index contributed by atoms with van der Waals surface area (Å²) < 4.78 is 0. The number of carbonyl (C=O) groups excluding carboxylic acids is 1. The molecule has 4 nitrogen and oxygen atoms in total. The third-order valence-corrected chi connectivity index (χ3v) is 7.06. The molecule has 0 spiro atoms. The summed E-state index contributed by atoms with van der Waals surface area (Å²) in [6, 6.07) is 8.20. The van der Waals surface area contributed by atoms with E-state index in [9.17, 15) is 14.7 Å². The smallest absolute Gasteiger partial charge is 0.307 e. The number of hydrogen-bond donors (Lipinski definition) is 2. The number of aliphatic carboxylic acids is 1. The lowest BCUT2D eigenvalue weighted by molar-refractivity contribution is -0.147. The second-order valence-electron chi connectivity index (χ2n) is 6.30. The van der Waals surface area contributed by atoms with Crippen LogP contribution in [0.25, 0.3) is 9.75 Å². The number of hydrogen-bond acceptors (Lipinski definition) is 4. The molecule has 1 saturated carbocycles. The molecule has 1 amide bonds. The molecular formula is C18H17NO3S2. The maximum absolute atomic E-state index is 12.6. The van der Waals surface area contributed by atoms with E-state index in [1.54, 1.807) is 22.7 Å². The van der Waals surface area contributed by atoms with Gasteiger partial charge in [-0.1, -0.05) is 18.2 Å². The molecular weight excluding hydrogens is 342 g/mol. The van der Waals surface area contributed by atoms with Crippen molar-refractivity contribution in [1.29, 1.82) is 0 Å². The molecule has 2 aliphatic carbocycles. The Hall–Kier alpha value is -1.92. The summed E-state index contributed by atoms with van der Waals surface area (Å²) in [7, 11) is 0. The van der Waals surface area contributed by atoms with Crippen molar-refractivity contribution >= 4 is 34.6 Å². The molecule has 2 N–H and O–H groups in total. The lowest BCUT2D eigenvalue weighted by Gasteiger charge is -2.23. The molecule has 0 aromatic carbocycles. The molecule has 2 aromatic rings. The molecule has 0 radical (unpaired) electrons. The van der Waals surface area contributed by atoms with Crippen LogP contribution in [0, 0.1) is 23.7 Å². The first-order valence-electron chi connectivity index (χ1n) is 7.95. The largest absolute Gasteiger partial charge is 0.481 e. The summed E-state index contributed by atoms with van der Waals surface area (Å²) in [6.07, 6.45) is 4.75. The SMILES string of the molecule is O=C(O)[C@@H]1[C@@H](C(=O)NCc2ccc(-c3cccs3)s2)[C@H]2C=C[C@H]1C2. The minimum absolute atomic E-state index is 0.00965. The Labute approximate surface area is 147 Å². The molecule has 1 fully saturated rings. The van der Waals surface area contributed by atoms with Crippen LogP contribution in [0.4, 0.5) is 0 Å². The van der Waals surface area contributed by atoms with Crippen molar-refractivity contribution in [2.75, 3.05) is 0 Å². The molecule has 0 aliphatic heterocycles. The van der Waals surface area contributed by atoms with Crippen molar-refractivity contribution in [3.63, 3.8) is 0 Å². The van der Waals surface area contributed by atoms with Gasteiger partial charge >= 0.3 is 5.97 Å². The first-order chi connectivity index (χ1) is 11.6. The number of thiophene rings is 2. The average Bonchev–Trinajstić information content (AvgIpc) is 3.35. The van der Waals surface area contributed by atoms with Gasteiger partial charge in [-0.25, -0.2) is 0 Å². The fraction of sp³-hybridized carbons (Fsp3) is 0.333. The summed E-state index contributed by atoms with van der Waals surface area (Å²) in [6.45, 7) is 0.457. The van der Waals surface area contributed by atoms with Crippen molar-refractivity contribution in [3.05, 3.63) is 46.7 Å². The van der Waals surface area contributed by atoms with E-state index in [4.69, 9.17) is 0 Å². The molecule has 124 valence electrons. The maximum atomic E-state index is 12.6. The highest BCUT2D eigenvalue weighted by Gasteiger charge is 2.51. The number of nitrogens with one attached hydrogen (secondary N) is 1. The molecule has 2 aliphatic rings. The molecule has 0 unspecified atom stereocenters. The second-order valence-corrected chi connectivity index (χ2v) is 8.42. The first-order valence-corrected chi connectivity index (χ1v) is 9.64. The number of carboxylic acids is 1. The van der Waals surface area contributed by atoms with Gasteiger partial charge < -0.3 is 10.4 Å². The van der Waals surface area contributed by atoms with Gasteiger partial charge in [0.2, 0.25) is 5.91 Å². The summed E-state index contributed by atoms with van der Waals surface area (Å²) >= 11 is 3.36. The predicted octanol–water partition coefficient (Wildman–Crippen LogP) is 3.62. The van der Waals surface area contributed by atoms with Crippen LogP contribution in [0.2, 0.25) is 0 Å². The third kappa shape index (κ3) is 2.70. The van der Waals surface area contributed by atoms with E-state index in [0.29, 0.717) is 6.54 Å². The monoisotopic (exact) mass is 359 g/mol. The van der Waals surface area contributed by atoms with E-state index in [-0.39, 0.29) is 17.7 Å². The summed E-state index contributed by atoms with van der Waals surface area (Å²) in [5, 5.41) is 14.4. The van der Waals surface area contributed by atoms with Crippen LogP contribution in [0.3, 0.4) is 0 Å². The van der Waals surface area contributed by atoms with Gasteiger partial charge in [0.05, 0.1) is 18.4 Å². The number of carbonyl (C=O) groups is 2. The van der Waals surface area contributed by atoms with Crippen LogP contribution in [0.1, 0.15) is 11.3 Å². The molecule has 2 heterocycles. The minimum Gasteiger partial charge on any atom is -0.481 e. The highest BCUT2D eigenvalue weighted by Crippen LogP contribution is 2.48. The minimum atomic E-state index is -0.858. The van der Waals surface area contributed by atoms with E-state index < -0.39 is 17.8 Å². The molecule has 6 heteroatoms. The Kier molecular flexibility index (Phi) is 4.02. The van der Waals surface area contributed by atoms with E-state index in [0.717, 1.165) is 11.3 Å². The molecule has 4 atom stereocenters. The number of fused-ring (bicyclic) bond motifs is 2. The van der Waals surface area contributed by atoms with Gasteiger partial charge in [-0.15, -0.1) is 22.7 Å². The zero-order valence-corrected chi connectivity index (χ0v) is 14.5. The second kappa shape index (κ2) is 6.18. The molecule has 4 rings (SSSR count). The van der Waals surface area contributed by atoms with Crippen LogP contribution >= 0.6 is 22.7 Å². The lowest BCUT2D eigenvalue weighted by Crippen LogP contribution is -2.39. The van der Waals surface area contributed by atoms with Crippen LogP contribution in [-0.2, 0) is 16.1 Å². The Balaban J connectivity index is 1.42. The van der Waals surface area contributed by atoms with Gasteiger partial charge in [-0.2, -0.15) is 0 Å². The van der Waals surface area contributed by atoms with Crippen LogP contribution in [-0.4, -0.2) is 17.0 Å². The van der Waals surface area contributed by atoms with E-state index in [1.165, 1.54) is 9.75 Å². The van der Waals surface area contributed by atoms with Crippen molar-refractivity contribution < 1.29 is 14.7 Å². The van der Waals surface area contributed by atoms with Crippen molar-refractivity contribution in [1.82, 2.24) is 5.32 Å². The number of carboxylic acid groups (broad SMARTS) is 1. The van der Waals surface area contributed by atoms with E-state index in [1.807, 2.05) is 29.7 Å². The van der Waals surface area contributed by atoms with Crippen molar-refractivity contribution in [2.24, 2.45) is 23.7 Å². The normalized spacial score (nSPS) is 27.5. The van der Waals surface area contributed by atoms with Crippen LogP contribution in [0.5, 0.6) is 0 Å². The van der Waals surface area contributed by atoms with E-state index >= 15 is 0 Å². The highest BCUT2D eigenvalue weighted by atomic mass is 32.1. The van der Waals surface area contributed by atoms with Crippen LogP contribution in [0.15, 0.2) is 41.8 Å². The van der Waals surface area contributed by atoms with Crippen molar-refractivity contribution in [2.45, 2.75) is 13.0 Å². The van der Waals surface area contributed by atoms with Gasteiger partial charge in [-0.3, -0.25) is 9.59 Å². The molecule has 0 saturated heterocycles. The van der Waals surface area contributed by atoms with Gasteiger partial charge in [0.25, 0.3) is 0 Å². The highest BCUT2D eigenvalue weighted by molar-refractivity contribution is 7.21. The zero-order chi connectivity index (χ0) is 16.7. The van der Waals surface area contributed by atoms with E-state index in [2.05, 4.69) is 17.4 Å². The summed E-state index contributed by atoms with van der Waals surface area (Å²) in [4.78, 5) is 27.6. The molecule has 24 heavy (non-hydrogen) atoms. The fourth-order valence-electron chi connectivity index (χ4n) is 3.83. The number of amides is 1. The zero-order valence-electron chi connectivity index (χ0n) is 12.8. The van der Waals surface area contributed by atoms with Gasteiger partial charge in [-0.05, 0) is 41.8 Å². The Morgan fingerprint density at radius 2 is 1.92 bits per heavy atom. The number of rotatable bonds is 5. The molecule has 2 aromatic heterocycles. The van der Waals surface area contributed by atoms with Gasteiger partial charge in [0.15, 0.2) is 0 Å². The maximum Gasteiger partial charge on any atom is 0.307 e. The van der Waals surface area contributed by atoms with Crippen LogP contribution < -0.4 is 5.32 Å². The Morgan fingerprint density at radius 1 is 1.12 bits per heavy atom. The Bertz CT molecular complexity index is 793. The van der Waals surface area contributed by atoms with Gasteiger partial charge in [0, 0.05) is 14.6 Å². The third-order valence-electron chi connectivity index (χ3n) is 4.91. The lowest BCUT2D eigenvalue weighted by atomic mass is 9.82. The summed E-state index contributed by atoms with van der Waals surface area (Å²) in [5.74, 6) is -1.93. The van der Waals surface area contributed by atoms with Crippen molar-refractivity contribution in [3.8, 4) is 9.75 Å². The fourth-order valence-corrected chi connectivity index (χ4v) is 5.61. The number of allylic oxidation sites excluding steroid dienone is 2. The topological polar surface area (TPSA) is 66.4 Å². The predicted molar refractivity (Wildman–Crippen MR) is 94.8 cm³/mol. The summed E-state index contributed by atoms with van der Waals surface area (Å²) in [5.41, 5.74) is 0. The molecule has 2 bridgehead atoms. The quantitative estimate of drug-likeness (QED) is 0.802. The van der Waals surface area contributed by atoms with Gasteiger partial charge in [0.1, 0.15) is 0 Å². The Morgan fingerprint density at radius 3 is 2.62 bits per heavy atom. The average molecular weight is 359 g/mol. The standard InChI is InChI=1S/C18H17NO3S2/c20-17(15-10-3-4-11(8-10)16(15)18(21)22)19-9-12-5-6-14(24-12)13-2-1-7-23-13/h1-7,10-11,15-16H,8-9H2,(H,19,20)(H,21,22)/t10-,11-,15-,16-/m0/s1.